The van der Waals surface area contributed by atoms with E-state index in [1.165, 1.54) is 0 Å². The summed E-state index contributed by atoms with van der Waals surface area (Å²) in [5.41, 5.74) is 0.635. The summed E-state index contributed by atoms with van der Waals surface area (Å²) >= 11 is 0. The van der Waals surface area contributed by atoms with Crippen LogP contribution in [0.3, 0.4) is 0 Å². The van der Waals surface area contributed by atoms with E-state index in [1.807, 2.05) is 11.8 Å². The quantitative estimate of drug-likeness (QED) is 0.813. The van der Waals surface area contributed by atoms with Gasteiger partial charge in [-0.05, 0) is 50.6 Å². The van der Waals surface area contributed by atoms with E-state index in [1.54, 1.807) is 24.3 Å². The first kappa shape index (κ1) is 15.5. The van der Waals surface area contributed by atoms with E-state index >= 15 is 0 Å². The van der Waals surface area contributed by atoms with Crippen LogP contribution in [0.4, 0.5) is 0 Å². The van der Waals surface area contributed by atoms with Crippen LogP contribution in [0.5, 0.6) is 5.75 Å². The molecule has 1 aromatic carbocycles. The summed E-state index contributed by atoms with van der Waals surface area (Å²) in [7, 11) is 0. The number of nitrogens with zero attached hydrogens (tertiary/aromatic N) is 1. The lowest BCUT2D eigenvalue weighted by atomic mass is 9.98. The molecule has 1 saturated heterocycles. The molecule has 21 heavy (non-hydrogen) atoms. The van der Waals surface area contributed by atoms with Crippen molar-refractivity contribution in [3.05, 3.63) is 29.8 Å². The van der Waals surface area contributed by atoms with Gasteiger partial charge < -0.3 is 9.84 Å². The number of carbonyl (C=O) groups is 2. The number of likely N-dealkylation sites (tertiary alicyclic amines) is 1. The van der Waals surface area contributed by atoms with E-state index in [2.05, 4.69) is 0 Å². The maximum atomic E-state index is 12.2. The molecule has 1 aliphatic rings. The second-order valence-corrected chi connectivity index (χ2v) is 5.29. The van der Waals surface area contributed by atoms with Crippen molar-refractivity contribution in [1.29, 1.82) is 0 Å². The molecule has 0 radical (unpaired) electrons. The molecule has 2 rings (SSSR count). The molecular formula is C16H21NO4. The Balaban J connectivity index is 1.92. The zero-order valence-electron chi connectivity index (χ0n) is 12.2. The third kappa shape index (κ3) is 4.29. The van der Waals surface area contributed by atoms with Crippen molar-refractivity contribution < 1.29 is 19.4 Å². The SMILES string of the molecule is CCOc1ccc(C(=O)CN2CCCC(C(=O)O)C2)cc1. The fourth-order valence-corrected chi connectivity index (χ4v) is 2.60. The van der Waals surface area contributed by atoms with Gasteiger partial charge in [0.25, 0.3) is 0 Å². The second kappa shape index (κ2) is 7.22. The Labute approximate surface area is 124 Å². The number of benzene rings is 1. The topological polar surface area (TPSA) is 66.8 Å². The molecule has 1 aromatic rings. The molecule has 1 atom stereocenters. The van der Waals surface area contributed by atoms with Crippen LogP contribution in [0.25, 0.3) is 0 Å². The number of carboxylic acid groups (broad SMARTS) is 1. The number of hydrogen-bond acceptors (Lipinski definition) is 4. The molecule has 114 valence electrons. The fraction of sp³-hybridized carbons (Fsp3) is 0.500. The van der Waals surface area contributed by atoms with Crippen molar-refractivity contribution in [2.24, 2.45) is 5.92 Å². The summed E-state index contributed by atoms with van der Waals surface area (Å²) in [5, 5.41) is 9.06. The molecule has 1 unspecified atom stereocenters. The smallest absolute Gasteiger partial charge is 0.307 e. The first-order valence-corrected chi connectivity index (χ1v) is 7.31. The molecule has 1 fully saturated rings. The van der Waals surface area contributed by atoms with E-state index in [4.69, 9.17) is 9.84 Å². The van der Waals surface area contributed by atoms with E-state index in [0.29, 0.717) is 25.1 Å². The fourth-order valence-electron chi connectivity index (χ4n) is 2.60. The Hall–Kier alpha value is -1.88. The summed E-state index contributed by atoms with van der Waals surface area (Å²) in [6.07, 6.45) is 1.52. The highest BCUT2D eigenvalue weighted by molar-refractivity contribution is 5.97. The van der Waals surface area contributed by atoms with Crippen LogP contribution in [0, 0.1) is 5.92 Å². The number of aliphatic carboxylic acids is 1. The number of rotatable bonds is 6. The van der Waals surface area contributed by atoms with Gasteiger partial charge in [-0.3, -0.25) is 14.5 Å². The normalized spacial score (nSPS) is 19.2. The summed E-state index contributed by atoms with van der Waals surface area (Å²) in [4.78, 5) is 25.2. The number of ketones is 1. The highest BCUT2D eigenvalue weighted by Crippen LogP contribution is 2.18. The minimum Gasteiger partial charge on any atom is -0.494 e. The monoisotopic (exact) mass is 291 g/mol. The minimum atomic E-state index is -0.770. The molecule has 0 aliphatic carbocycles. The van der Waals surface area contributed by atoms with Gasteiger partial charge in [0, 0.05) is 12.1 Å². The lowest BCUT2D eigenvalue weighted by Gasteiger charge is -2.29. The van der Waals surface area contributed by atoms with Gasteiger partial charge in [0.05, 0.1) is 19.1 Å². The summed E-state index contributed by atoms with van der Waals surface area (Å²) in [6.45, 7) is 4.02. The maximum Gasteiger partial charge on any atom is 0.307 e. The van der Waals surface area contributed by atoms with Crippen molar-refractivity contribution >= 4 is 11.8 Å². The molecule has 1 heterocycles. The van der Waals surface area contributed by atoms with E-state index in [-0.39, 0.29) is 18.2 Å². The largest absolute Gasteiger partial charge is 0.494 e. The molecule has 1 N–H and O–H groups in total. The molecule has 5 heteroatoms. The third-order valence-electron chi connectivity index (χ3n) is 3.71. The van der Waals surface area contributed by atoms with Gasteiger partial charge in [-0.2, -0.15) is 0 Å². The van der Waals surface area contributed by atoms with Gasteiger partial charge in [0.2, 0.25) is 0 Å². The Morgan fingerprint density at radius 2 is 2.05 bits per heavy atom. The zero-order chi connectivity index (χ0) is 15.2. The maximum absolute atomic E-state index is 12.2. The lowest BCUT2D eigenvalue weighted by molar-refractivity contribution is -0.143. The van der Waals surface area contributed by atoms with Gasteiger partial charge in [0.15, 0.2) is 5.78 Å². The second-order valence-electron chi connectivity index (χ2n) is 5.29. The number of carboxylic acids is 1. The van der Waals surface area contributed by atoms with Crippen molar-refractivity contribution in [3.63, 3.8) is 0 Å². The van der Waals surface area contributed by atoms with Gasteiger partial charge in [-0.1, -0.05) is 0 Å². The van der Waals surface area contributed by atoms with Crippen LogP contribution in [-0.4, -0.2) is 48.0 Å². The Morgan fingerprint density at radius 1 is 1.33 bits per heavy atom. The number of ether oxygens (including phenoxy) is 1. The molecule has 1 aliphatic heterocycles. The predicted molar refractivity (Wildman–Crippen MR) is 78.7 cm³/mol. The standard InChI is InChI=1S/C16H21NO4/c1-2-21-14-7-5-12(6-8-14)15(18)11-17-9-3-4-13(10-17)16(19)20/h5-8,13H,2-4,9-11H2,1H3,(H,19,20). The number of carbonyl (C=O) groups excluding carboxylic acids is 1. The van der Waals surface area contributed by atoms with Crippen molar-refractivity contribution in [2.45, 2.75) is 19.8 Å². The molecule has 0 spiro atoms. The van der Waals surface area contributed by atoms with Crippen molar-refractivity contribution in [1.82, 2.24) is 4.90 Å². The van der Waals surface area contributed by atoms with E-state index in [9.17, 15) is 9.59 Å². The van der Waals surface area contributed by atoms with Crippen LogP contribution < -0.4 is 4.74 Å². The first-order chi connectivity index (χ1) is 10.1. The van der Waals surface area contributed by atoms with Crippen molar-refractivity contribution in [3.8, 4) is 5.75 Å². The van der Waals surface area contributed by atoms with Crippen LogP contribution in [0.2, 0.25) is 0 Å². The van der Waals surface area contributed by atoms with Gasteiger partial charge in [0.1, 0.15) is 5.75 Å². The van der Waals surface area contributed by atoms with E-state index in [0.717, 1.165) is 18.7 Å². The minimum absolute atomic E-state index is 0.0177. The zero-order valence-corrected chi connectivity index (χ0v) is 12.2. The average Bonchev–Trinajstić information content (AvgIpc) is 2.48. The van der Waals surface area contributed by atoms with Gasteiger partial charge in [-0.15, -0.1) is 0 Å². The average molecular weight is 291 g/mol. The highest BCUT2D eigenvalue weighted by atomic mass is 16.5. The third-order valence-corrected chi connectivity index (χ3v) is 3.71. The first-order valence-electron chi connectivity index (χ1n) is 7.31. The molecule has 0 saturated carbocycles. The Bertz CT molecular complexity index is 498. The van der Waals surface area contributed by atoms with Crippen LogP contribution in [-0.2, 0) is 4.79 Å². The number of piperidine rings is 1. The predicted octanol–water partition coefficient (Wildman–Crippen LogP) is 2.06. The van der Waals surface area contributed by atoms with Crippen LogP contribution in [0.15, 0.2) is 24.3 Å². The molecule has 0 aromatic heterocycles. The Kier molecular flexibility index (Phi) is 5.33. The number of hydrogen-bond donors (Lipinski definition) is 1. The molecule has 0 bridgehead atoms. The van der Waals surface area contributed by atoms with Crippen LogP contribution >= 0.6 is 0 Å². The molecule has 0 amide bonds. The molecular weight excluding hydrogens is 270 g/mol. The van der Waals surface area contributed by atoms with Crippen molar-refractivity contribution in [2.75, 3.05) is 26.2 Å². The number of Topliss-reactive ketones (excluding diaryl/α,β-unsaturated/α-hetero) is 1. The van der Waals surface area contributed by atoms with Crippen LogP contribution in [0.1, 0.15) is 30.1 Å². The lowest BCUT2D eigenvalue weighted by Crippen LogP contribution is -2.41. The Morgan fingerprint density at radius 3 is 2.67 bits per heavy atom. The summed E-state index contributed by atoms with van der Waals surface area (Å²) < 4.78 is 5.34. The van der Waals surface area contributed by atoms with Gasteiger partial charge in [-0.25, -0.2) is 0 Å². The molecule has 5 nitrogen and oxygen atoms in total. The highest BCUT2D eigenvalue weighted by Gasteiger charge is 2.26. The summed E-state index contributed by atoms with van der Waals surface area (Å²) in [6, 6.07) is 7.08. The summed E-state index contributed by atoms with van der Waals surface area (Å²) in [5.74, 6) is -0.359. The van der Waals surface area contributed by atoms with Gasteiger partial charge >= 0.3 is 5.97 Å². The van der Waals surface area contributed by atoms with E-state index < -0.39 is 5.97 Å².